The summed E-state index contributed by atoms with van der Waals surface area (Å²) < 4.78 is 49.1. The van der Waals surface area contributed by atoms with E-state index in [-0.39, 0.29) is 11.6 Å². The molecule has 33 heavy (non-hydrogen) atoms. The van der Waals surface area contributed by atoms with Gasteiger partial charge in [-0.15, -0.1) is 11.3 Å². The first-order valence-corrected chi connectivity index (χ1v) is 11.1. The minimum absolute atomic E-state index is 0.244. The van der Waals surface area contributed by atoms with E-state index in [1.807, 2.05) is 6.07 Å². The Hall–Kier alpha value is -2.95. The van der Waals surface area contributed by atoms with Crippen LogP contribution >= 0.6 is 11.3 Å². The second-order valence-electron chi connectivity index (χ2n) is 7.48. The molecule has 1 aliphatic heterocycles. The summed E-state index contributed by atoms with van der Waals surface area (Å²) in [5, 5.41) is 3.34. The molecule has 1 fully saturated rings. The van der Waals surface area contributed by atoms with Crippen molar-refractivity contribution >= 4 is 22.9 Å². The molecule has 0 radical (unpaired) electrons. The van der Waals surface area contributed by atoms with E-state index in [1.54, 1.807) is 43.5 Å². The highest BCUT2D eigenvalue weighted by Gasteiger charge is 2.34. The number of carbonyl (C=O) groups excluding carboxylic acids is 1. The lowest BCUT2D eigenvalue weighted by Crippen LogP contribution is -2.36. The fourth-order valence-electron chi connectivity index (χ4n) is 3.51. The van der Waals surface area contributed by atoms with Crippen LogP contribution in [-0.4, -0.2) is 49.2 Å². The van der Waals surface area contributed by atoms with E-state index in [0.717, 1.165) is 18.7 Å². The molecule has 1 saturated heterocycles. The molecule has 2 heterocycles. The van der Waals surface area contributed by atoms with Crippen molar-refractivity contribution in [1.29, 1.82) is 0 Å². The minimum Gasteiger partial charge on any atom is -0.497 e. The van der Waals surface area contributed by atoms with E-state index in [1.165, 1.54) is 5.38 Å². The average Bonchev–Trinajstić information content (AvgIpc) is 3.31. The van der Waals surface area contributed by atoms with Gasteiger partial charge >= 0.3 is 6.18 Å². The summed E-state index contributed by atoms with van der Waals surface area (Å²) in [6.45, 7) is 3.47. The number of methoxy groups -OCH3 is 1. The Labute approximate surface area is 193 Å². The molecule has 6 nitrogen and oxygen atoms in total. The number of amides is 1. The number of morpholine rings is 1. The van der Waals surface area contributed by atoms with Crippen LogP contribution in [0.1, 0.15) is 20.9 Å². The van der Waals surface area contributed by atoms with Gasteiger partial charge in [-0.3, -0.25) is 9.69 Å². The third-order valence-electron chi connectivity index (χ3n) is 5.24. The van der Waals surface area contributed by atoms with Crippen LogP contribution in [0.15, 0.2) is 47.8 Å². The number of alkyl halides is 3. The Morgan fingerprint density at radius 3 is 2.55 bits per heavy atom. The third kappa shape index (κ3) is 5.70. The molecule has 1 aromatic heterocycles. The van der Waals surface area contributed by atoms with Gasteiger partial charge in [-0.05, 0) is 35.9 Å². The van der Waals surface area contributed by atoms with E-state index in [9.17, 15) is 18.0 Å². The SMILES string of the molecule is COc1ccc(C(=O)Nc2ccc(-c3csc(C(F)(F)F)n3)cc2)c(CN2CCOCC2)c1. The summed E-state index contributed by atoms with van der Waals surface area (Å²) in [4.78, 5) is 18.9. The van der Waals surface area contributed by atoms with Crippen LogP contribution in [0.3, 0.4) is 0 Å². The highest BCUT2D eigenvalue weighted by atomic mass is 32.1. The van der Waals surface area contributed by atoms with Gasteiger partial charge in [0.2, 0.25) is 0 Å². The van der Waals surface area contributed by atoms with Crippen LogP contribution in [0.25, 0.3) is 11.3 Å². The van der Waals surface area contributed by atoms with Crippen molar-refractivity contribution in [2.75, 3.05) is 38.7 Å². The van der Waals surface area contributed by atoms with Crippen LogP contribution in [-0.2, 0) is 17.5 Å². The summed E-state index contributed by atoms with van der Waals surface area (Å²) in [5.74, 6) is 0.391. The number of anilines is 1. The molecule has 1 N–H and O–H groups in total. The molecule has 0 atom stereocenters. The molecule has 10 heteroatoms. The summed E-state index contributed by atoms with van der Waals surface area (Å²) in [6.07, 6.45) is -4.46. The van der Waals surface area contributed by atoms with E-state index < -0.39 is 11.2 Å². The Bertz CT molecular complexity index is 1110. The van der Waals surface area contributed by atoms with Gasteiger partial charge in [0.1, 0.15) is 5.75 Å². The number of nitrogens with zero attached hydrogens (tertiary/aromatic N) is 2. The fraction of sp³-hybridized carbons (Fsp3) is 0.304. The Morgan fingerprint density at radius 2 is 1.91 bits per heavy atom. The highest BCUT2D eigenvalue weighted by molar-refractivity contribution is 7.10. The number of nitrogens with one attached hydrogen (secondary N) is 1. The van der Waals surface area contributed by atoms with Gasteiger partial charge in [-0.2, -0.15) is 13.2 Å². The fourth-order valence-corrected chi connectivity index (χ4v) is 4.21. The number of hydrogen-bond donors (Lipinski definition) is 1. The quantitative estimate of drug-likeness (QED) is 0.546. The number of halogens is 3. The zero-order valence-electron chi connectivity index (χ0n) is 17.8. The predicted octanol–water partition coefficient (Wildman–Crippen LogP) is 4.92. The number of carbonyl (C=O) groups is 1. The maximum Gasteiger partial charge on any atom is 0.443 e. The molecular formula is C23H22F3N3O3S. The Morgan fingerprint density at radius 1 is 1.18 bits per heavy atom. The van der Waals surface area contributed by atoms with Crippen molar-refractivity contribution < 1.29 is 27.4 Å². The maximum atomic E-state index is 13.0. The molecule has 0 unspecified atom stereocenters. The molecule has 1 amide bonds. The normalized spacial score (nSPS) is 14.8. The molecule has 1 aliphatic rings. The monoisotopic (exact) mass is 477 g/mol. The zero-order valence-corrected chi connectivity index (χ0v) is 18.6. The lowest BCUT2D eigenvalue weighted by atomic mass is 10.0. The number of aromatic nitrogens is 1. The van der Waals surface area contributed by atoms with Crippen LogP contribution < -0.4 is 10.1 Å². The van der Waals surface area contributed by atoms with Crippen molar-refractivity contribution in [1.82, 2.24) is 9.88 Å². The van der Waals surface area contributed by atoms with Crippen molar-refractivity contribution in [3.63, 3.8) is 0 Å². The van der Waals surface area contributed by atoms with Crippen molar-refractivity contribution in [3.8, 4) is 17.0 Å². The first-order chi connectivity index (χ1) is 15.8. The summed E-state index contributed by atoms with van der Waals surface area (Å²) in [7, 11) is 1.58. The molecule has 0 aliphatic carbocycles. The van der Waals surface area contributed by atoms with Gasteiger partial charge in [-0.1, -0.05) is 12.1 Å². The lowest BCUT2D eigenvalue weighted by Gasteiger charge is -2.27. The molecule has 0 bridgehead atoms. The van der Waals surface area contributed by atoms with E-state index in [0.29, 0.717) is 53.7 Å². The third-order valence-corrected chi connectivity index (χ3v) is 6.13. The predicted molar refractivity (Wildman–Crippen MR) is 120 cm³/mol. The Kier molecular flexibility index (Phi) is 6.96. The first-order valence-electron chi connectivity index (χ1n) is 10.2. The van der Waals surface area contributed by atoms with Gasteiger partial charge in [-0.25, -0.2) is 4.98 Å². The van der Waals surface area contributed by atoms with Crippen LogP contribution in [0.2, 0.25) is 0 Å². The average molecular weight is 478 g/mol. The second-order valence-corrected chi connectivity index (χ2v) is 8.34. The molecule has 3 aromatic rings. The summed E-state index contributed by atoms with van der Waals surface area (Å²) in [5.41, 5.74) is 2.68. The molecular weight excluding hydrogens is 455 g/mol. The summed E-state index contributed by atoms with van der Waals surface area (Å²) >= 11 is 0.554. The second kappa shape index (κ2) is 9.90. The van der Waals surface area contributed by atoms with Crippen molar-refractivity contribution in [3.05, 3.63) is 64.0 Å². The number of ether oxygens (including phenoxy) is 2. The van der Waals surface area contributed by atoms with Crippen molar-refractivity contribution in [2.24, 2.45) is 0 Å². The molecule has 2 aromatic carbocycles. The molecule has 0 spiro atoms. The molecule has 4 rings (SSSR count). The first kappa shape index (κ1) is 23.2. The Balaban J connectivity index is 1.49. The summed E-state index contributed by atoms with van der Waals surface area (Å²) in [6, 6.07) is 11.9. The van der Waals surface area contributed by atoms with E-state index in [4.69, 9.17) is 9.47 Å². The maximum absolute atomic E-state index is 13.0. The number of hydrogen-bond acceptors (Lipinski definition) is 6. The molecule has 174 valence electrons. The largest absolute Gasteiger partial charge is 0.497 e. The number of benzene rings is 2. The van der Waals surface area contributed by atoms with Gasteiger partial charge in [0.15, 0.2) is 5.01 Å². The van der Waals surface area contributed by atoms with E-state index in [2.05, 4.69) is 15.2 Å². The van der Waals surface area contributed by atoms with Crippen molar-refractivity contribution in [2.45, 2.75) is 12.7 Å². The van der Waals surface area contributed by atoms with Crippen LogP contribution in [0.5, 0.6) is 5.75 Å². The van der Waals surface area contributed by atoms with Crippen LogP contribution in [0.4, 0.5) is 18.9 Å². The zero-order chi connectivity index (χ0) is 23.4. The topological polar surface area (TPSA) is 63.7 Å². The highest BCUT2D eigenvalue weighted by Crippen LogP contribution is 2.34. The van der Waals surface area contributed by atoms with Gasteiger partial charge in [0, 0.05) is 41.8 Å². The smallest absolute Gasteiger partial charge is 0.443 e. The van der Waals surface area contributed by atoms with Gasteiger partial charge in [0.05, 0.1) is 26.0 Å². The van der Waals surface area contributed by atoms with E-state index >= 15 is 0 Å². The lowest BCUT2D eigenvalue weighted by molar-refractivity contribution is -0.137. The number of thiazole rings is 1. The van der Waals surface area contributed by atoms with Crippen LogP contribution in [0, 0.1) is 0 Å². The van der Waals surface area contributed by atoms with Gasteiger partial charge < -0.3 is 14.8 Å². The molecule has 0 saturated carbocycles. The number of rotatable bonds is 6. The standard InChI is InChI=1S/C23H22F3N3O3S/c1-31-18-6-7-19(16(12-18)13-29-8-10-32-11-9-29)21(30)27-17-4-2-15(3-5-17)20-14-33-22(28-20)23(24,25)26/h2-7,12,14H,8-11,13H2,1H3,(H,27,30). The minimum atomic E-state index is -4.46. The van der Waals surface area contributed by atoms with Gasteiger partial charge in [0.25, 0.3) is 5.91 Å².